The molecule has 102 valence electrons. The number of rotatable bonds is 5. The highest BCUT2D eigenvalue weighted by Crippen LogP contribution is 2.14. The zero-order valence-electron chi connectivity index (χ0n) is 11.6. The Balaban J connectivity index is 1.90. The van der Waals surface area contributed by atoms with E-state index in [4.69, 9.17) is 5.73 Å². The number of nitrogens with one attached hydrogen (secondary N) is 2. The molecule has 1 aromatic heterocycles. The third-order valence-electron chi connectivity index (χ3n) is 3.03. The summed E-state index contributed by atoms with van der Waals surface area (Å²) in [6.07, 6.45) is 1.10. The van der Waals surface area contributed by atoms with E-state index in [9.17, 15) is 0 Å². The Morgan fingerprint density at radius 3 is 2.89 bits per heavy atom. The summed E-state index contributed by atoms with van der Waals surface area (Å²) < 4.78 is 0. The second kappa shape index (κ2) is 6.27. The quantitative estimate of drug-likeness (QED) is 0.570. The van der Waals surface area contributed by atoms with Gasteiger partial charge in [-0.1, -0.05) is 32.0 Å². The Kier molecular flexibility index (Phi) is 4.44. The van der Waals surface area contributed by atoms with E-state index in [1.807, 2.05) is 12.1 Å². The third kappa shape index (κ3) is 4.02. The molecular weight excluding hydrogens is 236 g/mol. The van der Waals surface area contributed by atoms with Gasteiger partial charge in [0.2, 0.25) is 0 Å². The lowest BCUT2D eigenvalue weighted by molar-refractivity contribution is 0.576. The number of para-hydroxylation sites is 1. The van der Waals surface area contributed by atoms with Gasteiger partial charge < -0.3 is 16.0 Å². The van der Waals surface area contributed by atoms with Gasteiger partial charge in [0.25, 0.3) is 0 Å². The van der Waals surface area contributed by atoms with Crippen LogP contribution in [-0.2, 0) is 6.54 Å². The number of benzene rings is 1. The number of fused-ring (bicyclic) bond motifs is 1. The number of aliphatic imine (C=N–C) groups is 1. The van der Waals surface area contributed by atoms with Gasteiger partial charge in [-0.2, -0.15) is 0 Å². The molecule has 4 N–H and O–H groups in total. The molecule has 2 aromatic rings. The fraction of sp³-hybridized carbons (Fsp3) is 0.400. The molecule has 0 aliphatic rings. The lowest BCUT2D eigenvalue weighted by atomic mass is 10.1. The number of guanidine groups is 1. The molecule has 1 aromatic carbocycles. The van der Waals surface area contributed by atoms with Crippen molar-refractivity contribution in [1.82, 2.24) is 10.3 Å². The largest absolute Gasteiger partial charge is 0.370 e. The lowest BCUT2D eigenvalue weighted by Gasteiger charge is -2.07. The molecule has 2 rings (SSSR count). The fourth-order valence-corrected chi connectivity index (χ4v) is 1.93. The summed E-state index contributed by atoms with van der Waals surface area (Å²) in [6, 6.07) is 10.3. The van der Waals surface area contributed by atoms with Gasteiger partial charge >= 0.3 is 0 Å². The molecule has 4 nitrogen and oxygen atoms in total. The molecule has 0 bridgehead atoms. The summed E-state index contributed by atoms with van der Waals surface area (Å²) in [4.78, 5) is 7.67. The van der Waals surface area contributed by atoms with Crippen LogP contribution in [0.1, 0.15) is 26.0 Å². The third-order valence-corrected chi connectivity index (χ3v) is 3.03. The average Bonchev–Trinajstić information content (AvgIpc) is 2.78. The summed E-state index contributed by atoms with van der Waals surface area (Å²) in [5.41, 5.74) is 8.04. The zero-order valence-corrected chi connectivity index (χ0v) is 11.6. The van der Waals surface area contributed by atoms with Gasteiger partial charge in [-0.15, -0.1) is 0 Å². The van der Waals surface area contributed by atoms with Crippen molar-refractivity contribution in [1.29, 1.82) is 0 Å². The Labute approximate surface area is 114 Å². The molecule has 0 spiro atoms. The van der Waals surface area contributed by atoms with Gasteiger partial charge in [-0.25, -0.2) is 4.99 Å². The van der Waals surface area contributed by atoms with Gasteiger partial charge in [0, 0.05) is 17.8 Å². The molecule has 1 heterocycles. The Bertz CT molecular complexity index is 521. The van der Waals surface area contributed by atoms with E-state index in [0.29, 0.717) is 18.4 Å². The number of hydrogen-bond donors (Lipinski definition) is 3. The molecule has 0 saturated heterocycles. The average molecular weight is 258 g/mol. The van der Waals surface area contributed by atoms with Crippen molar-refractivity contribution in [3.05, 3.63) is 36.0 Å². The first-order chi connectivity index (χ1) is 9.15. The Hall–Kier alpha value is -1.97. The predicted molar refractivity (Wildman–Crippen MR) is 81.1 cm³/mol. The van der Waals surface area contributed by atoms with Crippen molar-refractivity contribution < 1.29 is 0 Å². The number of aromatic nitrogens is 1. The van der Waals surface area contributed by atoms with Gasteiger partial charge in [-0.05, 0) is 29.9 Å². The van der Waals surface area contributed by atoms with E-state index in [2.05, 4.69) is 47.3 Å². The second-order valence-electron chi connectivity index (χ2n) is 5.19. The van der Waals surface area contributed by atoms with Crippen LogP contribution in [0.4, 0.5) is 0 Å². The van der Waals surface area contributed by atoms with Crippen LogP contribution in [-0.4, -0.2) is 17.5 Å². The molecule has 0 atom stereocenters. The molecule has 0 unspecified atom stereocenters. The summed E-state index contributed by atoms with van der Waals surface area (Å²) in [7, 11) is 0. The minimum absolute atomic E-state index is 0.513. The lowest BCUT2D eigenvalue weighted by Crippen LogP contribution is -2.32. The number of aromatic amines is 1. The molecule has 0 aliphatic carbocycles. The highest BCUT2D eigenvalue weighted by molar-refractivity contribution is 5.80. The zero-order chi connectivity index (χ0) is 13.7. The summed E-state index contributed by atoms with van der Waals surface area (Å²) >= 11 is 0. The minimum Gasteiger partial charge on any atom is -0.370 e. The first-order valence-corrected chi connectivity index (χ1v) is 6.75. The van der Waals surface area contributed by atoms with Crippen molar-refractivity contribution in [2.24, 2.45) is 16.6 Å². The topological polar surface area (TPSA) is 66.2 Å². The molecule has 0 saturated carbocycles. The van der Waals surface area contributed by atoms with Crippen molar-refractivity contribution >= 4 is 16.9 Å². The number of nitrogens with two attached hydrogens (primary N) is 1. The van der Waals surface area contributed by atoms with E-state index in [0.717, 1.165) is 24.2 Å². The van der Waals surface area contributed by atoms with Crippen molar-refractivity contribution in [2.45, 2.75) is 26.8 Å². The molecule has 0 aliphatic heterocycles. The van der Waals surface area contributed by atoms with E-state index in [-0.39, 0.29) is 0 Å². The van der Waals surface area contributed by atoms with Crippen molar-refractivity contribution in [2.75, 3.05) is 6.54 Å². The van der Waals surface area contributed by atoms with Crippen LogP contribution in [0.5, 0.6) is 0 Å². The molecule has 0 fully saturated rings. The maximum Gasteiger partial charge on any atom is 0.188 e. The van der Waals surface area contributed by atoms with Crippen LogP contribution in [0.2, 0.25) is 0 Å². The maximum absolute atomic E-state index is 5.83. The molecule has 0 radical (unpaired) electrons. The SMILES string of the molecule is CC(C)CCNC(N)=NCc1cc2ccccc2[nH]1. The number of hydrogen-bond acceptors (Lipinski definition) is 1. The Morgan fingerprint density at radius 2 is 2.16 bits per heavy atom. The van der Waals surface area contributed by atoms with Gasteiger partial charge in [0.05, 0.1) is 6.54 Å². The summed E-state index contributed by atoms with van der Waals surface area (Å²) in [5, 5.41) is 4.34. The van der Waals surface area contributed by atoms with Crippen LogP contribution >= 0.6 is 0 Å². The second-order valence-corrected chi connectivity index (χ2v) is 5.19. The predicted octanol–water partition coefficient (Wildman–Crippen LogP) is 2.62. The van der Waals surface area contributed by atoms with Crippen LogP contribution in [0.3, 0.4) is 0 Å². The summed E-state index contributed by atoms with van der Waals surface area (Å²) in [5.74, 6) is 1.19. The van der Waals surface area contributed by atoms with Crippen LogP contribution in [0.15, 0.2) is 35.3 Å². The molecule has 0 amide bonds. The van der Waals surface area contributed by atoms with Gasteiger partial charge in [0.1, 0.15) is 0 Å². The fourth-order valence-electron chi connectivity index (χ4n) is 1.93. The smallest absolute Gasteiger partial charge is 0.188 e. The van der Waals surface area contributed by atoms with Gasteiger partial charge in [0.15, 0.2) is 5.96 Å². The van der Waals surface area contributed by atoms with E-state index in [1.54, 1.807) is 0 Å². The highest BCUT2D eigenvalue weighted by Gasteiger charge is 1.99. The Morgan fingerprint density at radius 1 is 1.37 bits per heavy atom. The number of nitrogens with zero attached hydrogens (tertiary/aromatic N) is 1. The first kappa shape index (κ1) is 13.5. The normalized spacial score (nSPS) is 12.3. The van der Waals surface area contributed by atoms with Crippen LogP contribution < -0.4 is 11.1 Å². The van der Waals surface area contributed by atoms with Crippen LogP contribution in [0, 0.1) is 5.92 Å². The van der Waals surface area contributed by atoms with Crippen molar-refractivity contribution in [3.63, 3.8) is 0 Å². The van der Waals surface area contributed by atoms with Crippen molar-refractivity contribution in [3.8, 4) is 0 Å². The molecule has 19 heavy (non-hydrogen) atoms. The highest BCUT2D eigenvalue weighted by atomic mass is 15.1. The maximum atomic E-state index is 5.83. The van der Waals surface area contributed by atoms with Gasteiger partial charge in [-0.3, -0.25) is 0 Å². The standard InChI is InChI=1S/C15H22N4/c1-11(2)7-8-17-15(16)18-10-13-9-12-5-3-4-6-14(12)19-13/h3-6,9,11,19H,7-8,10H2,1-2H3,(H3,16,17,18). The monoisotopic (exact) mass is 258 g/mol. The summed E-state index contributed by atoms with van der Waals surface area (Å²) in [6.45, 7) is 5.84. The number of H-pyrrole nitrogens is 1. The van der Waals surface area contributed by atoms with E-state index < -0.39 is 0 Å². The molecular formula is C15H22N4. The molecule has 4 heteroatoms. The first-order valence-electron chi connectivity index (χ1n) is 6.75. The van der Waals surface area contributed by atoms with Crippen LogP contribution in [0.25, 0.3) is 10.9 Å². The minimum atomic E-state index is 0.513. The van der Waals surface area contributed by atoms with E-state index >= 15 is 0 Å². The van der Waals surface area contributed by atoms with E-state index in [1.165, 1.54) is 5.39 Å².